The number of fused-ring (bicyclic) bond motifs is 1. The molecule has 3 aromatic rings. The van der Waals surface area contributed by atoms with Crippen LogP contribution in [-0.2, 0) is 0 Å². The summed E-state index contributed by atoms with van der Waals surface area (Å²) < 4.78 is 0. The standard InChI is InChI=1S/C21H26N6O/c1-14-6-3-8-16-18(14)26-20(25-16)17-9-5-13-27(17)21(28)24-12-11-23-19-15(2)7-4-10-22-19/h3-4,6-8,10,17H,5,9,11-13H2,1-2H3,(H,22,23)(H,24,28)(H,25,26)/t17-/m0/s1. The van der Waals surface area contributed by atoms with Crippen LogP contribution < -0.4 is 10.6 Å². The molecule has 1 saturated heterocycles. The monoisotopic (exact) mass is 378 g/mol. The Morgan fingerprint density at radius 1 is 1.21 bits per heavy atom. The quantitative estimate of drug-likeness (QED) is 0.593. The van der Waals surface area contributed by atoms with E-state index in [0.717, 1.165) is 53.2 Å². The first-order chi connectivity index (χ1) is 13.6. The van der Waals surface area contributed by atoms with Crippen LogP contribution in [0.3, 0.4) is 0 Å². The lowest BCUT2D eigenvalue weighted by atomic mass is 10.2. The number of carbonyl (C=O) groups excluding carboxylic acids is 1. The summed E-state index contributed by atoms with van der Waals surface area (Å²) in [5.41, 5.74) is 4.25. The van der Waals surface area contributed by atoms with Gasteiger partial charge in [-0.3, -0.25) is 0 Å². The number of amides is 2. The number of aromatic nitrogens is 3. The molecule has 1 aromatic carbocycles. The van der Waals surface area contributed by atoms with Crippen LogP contribution in [0.1, 0.15) is 35.8 Å². The topological polar surface area (TPSA) is 85.9 Å². The van der Waals surface area contributed by atoms with Crippen LogP contribution in [0.25, 0.3) is 11.0 Å². The summed E-state index contributed by atoms with van der Waals surface area (Å²) in [7, 11) is 0. The van der Waals surface area contributed by atoms with Crippen molar-refractivity contribution in [2.45, 2.75) is 32.7 Å². The van der Waals surface area contributed by atoms with Gasteiger partial charge in [-0.25, -0.2) is 14.8 Å². The second kappa shape index (κ2) is 7.88. The maximum atomic E-state index is 12.7. The maximum absolute atomic E-state index is 12.7. The Bertz CT molecular complexity index is 982. The smallest absolute Gasteiger partial charge is 0.318 e. The molecule has 0 aliphatic carbocycles. The van der Waals surface area contributed by atoms with Gasteiger partial charge in [0.2, 0.25) is 0 Å². The predicted molar refractivity (Wildman–Crippen MR) is 110 cm³/mol. The maximum Gasteiger partial charge on any atom is 0.318 e. The van der Waals surface area contributed by atoms with E-state index in [1.807, 2.05) is 36.1 Å². The molecule has 3 N–H and O–H groups in total. The van der Waals surface area contributed by atoms with Crippen molar-refractivity contribution in [3.8, 4) is 0 Å². The number of anilines is 1. The summed E-state index contributed by atoms with van der Waals surface area (Å²) in [5.74, 6) is 1.73. The molecule has 1 fully saturated rings. The van der Waals surface area contributed by atoms with E-state index in [-0.39, 0.29) is 12.1 Å². The third kappa shape index (κ3) is 3.65. The molecule has 28 heavy (non-hydrogen) atoms. The van der Waals surface area contributed by atoms with Gasteiger partial charge in [0.15, 0.2) is 0 Å². The van der Waals surface area contributed by atoms with E-state index in [4.69, 9.17) is 4.98 Å². The minimum Gasteiger partial charge on any atom is -0.368 e. The number of H-pyrrole nitrogens is 1. The number of nitrogens with one attached hydrogen (secondary N) is 3. The third-order valence-electron chi connectivity index (χ3n) is 5.27. The van der Waals surface area contributed by atoms with Crippen molar-refractivity contribution in [3.63, 3.8) is 0 Å². The predicted octanol–water partition coefficient (Wildman–Crippen LogP) is 3.53. The number of aryl methyl sites for hydroxylation is 2. The van der Waals surface area contributed by atoms with E-state index in [1.165, 1.54) is 0 Å². The van der Waals surface area contributed by atoms with Crippen LogP contribution in [0.4, 0.5) is 10.6 Å². The van der Waals surface area contributed by atoms with Crippen molar-refractivity contribution in [1.29, 1.82) is 0 Å². The van der Waals surface area contributed by atoms with E-state index in [0.29, 0.717) is 13.1 Å². The molecule has 146 valence electrons. The molecule has 0 unspecified atom stereocenters. The number of benzene rings is 1. The van der Waals surface area contributed by atoms with E-state index >= 15 is 0 Å². The number of para-hydroxylation sites is 1. The molecule has 7 heteroatoms. The number of aromatic amines is 1. The number of likely N-dealkylation sites (tertiary alicyclic amines) is 1. The average molecular weight is 378 g/mol. The first kappa shape index (κ1) is 18.3. The van der Waals surface area contributed by atoms with Gasteiger partial charge >= 0.3 is 6.03 Å². The van der Waals surface area contributed by atoms with Gasteiger partial charge < -0.3 is 20.5 Å². The molecule has 0 saturated carbocycles. The van der Waals surface area contributed by atoms with Gasteiger partial charge in [0, 0.05) is 25.8 Å². The summed E-state index contributed by atoms with van der Waals surface area (Å²) in [6, 6.07) is 9.99. The lowest BCUT2D eigenvalue weighted by molar-refractivity contribution is 0.191. The number of pyridine rings is 1. The highest BCUT2D eigenvalue weighted by molar-refractivity contribution is 5.79. The molecule has 0 radical (unpaired) electrons. The van der Waals surface area contributed by atoms with Crippen molar-refractivity contribution < 1.29 is 4.79 Å². The minimum atomic E-state index is -0.0424. The Hall–Kier alpha value is -3.09. The second-order valence-corrected chi connectivity index (χ2v) is 7.27. The first-order valence-electron chi connectivity index (χ1n) is 9.78. The molecular formula is C21H26N6O. The molecule has 1 aliphatic rings. The Morgan fingerprint density at radius 3 is 2.89 bits per heavy atom. The van der Waals surface area contributed by atoms with E-state index in [2.05, 4.69) is 33.6 Å². The largest absolute Gasteiger partial charge is 0.368 e. The van der Waals surface area contributed by atoms with Crippen molar-refractivity contribution >= 4 is 22.9 Å². The van der Waals surface area contributed by atoms with Gasteiger partial charge in [-0.1, -0.05) is 18.2 Å². The molecule has 4 rings (SSSR count). The zero-order chi connectivity index (χ0) is 19.5. The lowest BCUT2D eigenvalue weighted by Gasteiger charge is -2.23. The Morgan fingerprint density at radius 2 is 2.07 bits per heavy atom. The van der Waals surface area contributed by atoms with Crippen molar-refractivity contribution in [3.05, 3.63) is 53.5 Å². The van der Waals surface area contributed by atoms with Gasteiger partial charge in [-0.15, -0.1) is 0 Å². The van der Waals surface area contributed by atoms with Crippen LogP contribution in [0.5, 0.6) is 0 Å². The molecule has 2 aromatic heterocycles. The fourth-order valence-electron chi connectivity index (χ4n) is 3.77. The molecular weight excluding hydrogens is 352 g/mol. The first-order valence-corrected chi connectivity index (χ1v) is 9.78. The Labute approximate surface area is 164 Å². The number of urea groups is 1. The van der Waals surface area contributed by atoms with Crippen LogP contribution in [0, 0.1) is 13.8 Å². The molecule has 0 bridgehead atoms. The zero-order valence-electron chi connectivity index (χ0n) is 16.3. The van der Waals surface area contributed by atoms with Crippen molar-refractivity contribution in [2.75, 3.05) is 25.0 Å². The lowest BCUT2D eigenvalue weighted by Crippen LogP contribution is -2.41. The van der Waals surface area contributed by atoms with E-state index in [1.54, 1.807) is 6.20 Å². The number of nitrogens with zero attached hydrogens (tertiary/aromatic N) is 3. The fourth-order valence-corrected chi connectivity index (χ4v) is 3.77. The number of imidazole rings is 1. The van der Waals surface area contributed by atoms with Gasteiger partial charge in [-0.2, -0.15) is 0 Å². The number of carbonyl (C=O) groups is 1. The van der Waals surface area contributed by atoms with Crippen LogP contribution >= 0.6 is 0 Å². The normalized spacial score (nSPS) is 16.5. The highest BCUT2D eigenvalue weighted by Gasteiger charge is 2.32. The van der Waals surface area contributed by atoms with Crippen LogP contribution in [0.2, 0.25) is 0 Å². The van der Waals surface area contributed by atoms with Gasteiger partial charge in [0.1, 0.15) is 11.6 Å². The molecule has 0 spiro atoms. The molecule has 2 amide bonds. The third-order valence-corrected chi connectivity index (χ3v) is 5.27. The molecule has 3 heterocycles. The van der Waals surface area contributed by atoms with Gasteiger partial charge in [0.25, 0.3) is 0 Å². The summed E-state index contributed by atoms with van der Waals surface area (Å²) in [4.78, 5) is 27.1. The Kier molecular flexibility index (Phi) is 5.14. The molecule has 7 nitrogen and oxygen atoms in total. The average Bonchev–Trinajstić information content (AvgIpc) is 3.34. The molecule has 1 aliphatic heterocycles. The van der Waals surface area contributed by atoms with Gasteiger partial charge in [-0.05, 0) is 49.9 Å². The minimum absolute atomic E-state index is 0.00204. The van der Waals surface area contributed by atoms with Crippen molar-refractivity contribution in [1.82, 2.24) is 25.2 Å². The summed E-state index contributed by atoms with van der Waals surface area (Å²) in [5, 5.41) is 6.28. The zero-order valence-corrected chi connectivity index (χ0v) is 16.3. The highest BCUT2D eigenvalue weighted by atomic mass is 16.2. The highest BCUT2D eigenvalue weighted by Crippen LogP contribution is 2.31. The van der Waals surface area contributed by atoms with Gasteiger partial charge in [0.05, 0.1) is 17.1 Å². The van der Waals surface area contributed by atoms with Crippen molar-refractivity contribution in [2.24, 2.45) is 0 Å². The SMILES string of the molecule is Cc1cccnc1NCCNC(=O)N1CCC[C@H]1c1nc2c(C)cccc2[nH]1. The second-order valence-electron chi connectivity index (χ2n) is 7.27. The van der Waals surface area contributed by atoms with E-state index < -0.39 is 0 Å². The van der Waals surface area contributed by atoms with Crippen LogP contribution in [-0.4, -0.2) is 45.5 Å². The number of rotatable bonds is 5. The Balaban J connectivity index is 1.36. The molecule has 1 atom stereocenters. The van der Waals surface area contributed by atoms with Crippen LogP contribution in [0.15, 0.2) is 36.5 Å². The summed E-state index contributed by atoms with van der Waals surface area (Å²) in [6.07, 6.45) is 3.68. The van der Waals surface area contributed by atoms with E-state index in [9.17, 15) is 4.79 Å². The number of hydrogen-bond acceptors (Lipinski definition) is 4. The number of hydrogen-bond donors (Lipinski definition) is 3. The summed E-state index contributed by atoms with van der Waals surface area (Å²) >= 11 is 0. The fraction of sp³-hybridized carbons (Fsp3) is 0.381. The summed E-state index contributed by atoms with van der Waals surface area (Å²) in [6.45, 7) is 5.99.